The molecule has 3 rings (SSSR count). The standard InChI is InChI=1S/C19H18N2O4S/c1-23-15-10-12(11-16(24-2)17(15)25-3)9-14-18(22)21(19(26)20-14)13-7-5-4-6-8-13/h4-11H,1-3H3,(H,20,26)/b14-9-. The molecule has 0 spiro atoms. The van der Waals surface area contributed by atoms with E-state index >= 15 is 0 Å². The van der Waals surface area contributed by atoms with Crippen LogP contribution in [0.5, 0.6) is 17.2 Å². The predicted molar refractivity (Wildman–Crippen MR) is 104 cm³/mol. The molecule has 0 saturated carbocycles. The highest BCUT2D eigenvalue weighted by molar-refractivity contribution is 7.80. The number of methoxy groups -OCH3 is 3. The first-order chi connectivity index (χ1) is 12.6. The zero-order chi connectivity index (χ0) is 18.7. The summed E-state index contributed by atoms with van der Waals surface area (Å²) in [4.78, 5) is 14.2. The second-order valence-electron chi connectivity index (χ2n) is 5.42. The molecule has 134 valence electrons. The maximum absolute atomic E-state index is 12.8. The summed E-state index contributed by atoms with van der Waals surface area (Å²) in [6, 6.07) is 12.8. The fraction of sp³-hybridized carbons (Fsp3) is 0.158. The summed E-state index contributed by atoms with van der Waals surface area (Å²) in [5, 5.41) is 3.29. The van der Waals surface area contributed by atoms with E-state index in [1.165, 1.54) is 12.0 Å². The van der Waals surface area contributed by atoms with Gasteiger partial charge < -0.3 is 19.5 Å². The van der Waals surface area contributed by atoms with E-state index in [4.69, 9.17) is 26.4 Å². The molecule has 1 aliphatic rings. The van der Waals surface area contributed by atoms with Gasteiger partial charge in [-0.3, -0.25) is 9.69 Å². The number of benzene rings is 2. The van der Waals surface area contributed by atoms with Crippen molar-refractivity contribution in [2.75, 3.05) is 26.2 Å². The average molecular weight is 370 g/mol. The van der Waals surface area contributed by atoms with Crippen molar-refractivity contribution < 1.29 is 19.0 Å². The number of rotatable bonds is 5. The van der Waals surface area contributed by atoms with Crippen LogP contribution in [0.25, 0.3) is 6.08 Å². The van der Waals surface area contributed by atoms with Crippen molar-refractivity contribution in [3.05, 3.63) is 53.7 Å². The Bertz CT molecular complexity index is 855. The van der Waals surface area contributed by atoms with E-state index < -0.39 is 0 Å². The first-order valence-electron chi connectivity index (χ1n) is 7.81. The smallest absolute Gasteiger partial charge is 0.281 e. The highest BCUT2D eigenvalue weighted by Crippen LogP contribution is 2.38. The summed E-state index contributed by atoms with van der Waals surface area (Å²) in [5.41, 5.74) is 1.80. The Labute approximate surface area is 157 Å². The monoisotopic (exact) mass is 370 g/mol. The first kappa shape index (κ1) is 17.8. The van der Waals surface area contributed by atoms with Crippen molar-refractivity contribution in [1.29, 1.82) is 0 Å². The Morgan fingerprint density at radius 2 is 1.62 bits per heavy atom. The van der Waals surface area contributed by atoms with E-state index in [1.807, 2.05) is 30.3 Å². The second kappa shape index (κ2) is 7.45. The van der Waals surface area contributed by atoms with Crippen LogP contribution >= 0.6 is 12.2 Å². The number of hydrogen-bond donors (Lipinski definition) is 1. The molecule has 1 amide bonds. The van der Waals surface area contributed by atoms with Gasteiger partial charge in [-0.25, -0.2) is 0 Å². The molecule has 26 heavy (non-hydrogen) atoms. The number of hydrogen-bond acceptors (Lipinski definition) is 5. The van der Waals surface area contributed by atoms with Crippen molar-refractivity contribution in [3.63, 3.8) is 0 Å². The number of nitrogens with zero attached hydrogens (tertiary/aromatic N) is 1. The Morgan fingerprint density at radius 3 is 2.15 bits per heavy atom. The molecule has 1 heterocycles. The van der Waals surface area contributed by atoms with Gasteiger partial charge in [0.05, 0.1) is 27.0 Å². The Hall–Kier alpha value is -3.06. The highest BCUT2D eigenvalue weighted by atomic mass is 32.1. The Morgan fingerprint density at radius 1 is 1.00 bits per heavy atom. The van der Waals surface area contributed by atoms with Gasteiger partial charge in [-0.1, -0.05) is 18.2 Å². The lowest BCUT2D eigenvalue weighted by atomic mass is 10.1. The maximum Gasteiger partial charge on any atom is 0.281 e. The highest BCUT2D eigenvalue weighted by Gasteiger charge is 2.31. The summed E-state index contributed by atoms with van der Waals surface area (Å²) in [7, 11) is 4.62. The minimum Gasteiger partial charge on any atom is -0.493 e. The molecule has 0 aliphatic carbocycles. The topological polar surface area (TPSA) is 60.0 Å². The lowest BCUT2D eigenvalue weighted by molar-refractivity contribution is -0.113. The third-order valence-corrected chi connectivity index (χ3v) is 4.18. The molecule has 2 aromatic carbocycles. The van der Waals surface area contributed by atoms with Crippen LogP contribution in [0.2, 0.25) is 0 Å². The number of anilines is 1. The third kappa shape index (κ3) is 3.21. The van der Waals surface area contributed by atoms with E-state index in [0.29, 0.717) is 39.3 Å². The lowest BCUT2D eigenvalue weighted by Gasteiger charge is -2.13. The number of carbonyl (C=O) groups excluding carboxylic acids is 1. The maximum atomic E-state index is 12.8. The minimum atomic E-state index is -0.227. The van der Waals surface area contributed by atoms with Crippen LogP contribution in [-0.2, 0) is 4.79 Å². The fourth-order valence-corrected chi connectivity index (χ4v) is 3.00. The van der Waals surface area contributed by atoms with Gasteiger partial charge >= 0.3 is 0 Å². The molecule has 1 fully saturated rings. The van der Waals surface area contributed by atoms with Crippen molar-refractivity contribution in [2.45, 2.75) is 0 Å². The molecule has 0 atom stereocenters. The molecule has 7 heteroatoms. The zero-order valence-electron chi connectivity index (χ0n) is 14.6. The van der Waals surface area contributed by atoms with Crippen LogP contribution in [0.4, 0.5) is 5.69 Å². The summed E-state index contributed by atoms with van der Waals surface area (Å²) < 4.78 is 16.0. The van der Waals surface area contributed by atoms with Crippen LogP contribution in [-0.4, -0.2) is 32.3 Å². The second-order valence-corrected chi connectivity index (χ2v) is 5.81. The predicted octanol–water partition coefficient (Wildman–Crippen LogP) is 2.97. The van der Waals surface area contributed by atoms with Crippen LogP contribution in [0.15, 0.2) is 48.2 Å². The van der Waals surface area contributed by atoms with Crippen LogP contribution in [0, 0.1) is 0 Å². The van der Waals surface area contributed by atoms with Gasteiger partial charge in [0.25, 0.3) is 5.91 Å². The van der Waals surface area contributed by atoms with Gasteiger partial charge in [-0.2, -0.15) is 0 Å². The third-order valence-electron chi connectivity index (χ3n) is 3.89. The molecular formula is C19H18N2O4S. The van der Waals surface area contributed by atoms with E-state index in [2.05, 4.69) is 5.32 Å². The summed E-state index contributed by atoms with van der Waals surface area (Å²) in [5.74, 6) is 1.28. The minimum absolute atomic E-state index is 0.227. The molecule has 1 aliphatic heterocycles. The van der Waals surface area contributed by atoms with E-state index in [-0.39, 0.29) is 5.91 Å². The van der Waals surface area contributed by atoms with Gasteiger partial charge in [-0.15, -0.1) is 0 Å². The van der Waals surface area contributed by atoms with Gasteiger partial charge in [0, 0.05) is 0 Å². The Balaban J connectivity index is 1.98. The van der Waals surface area contributed by atoms with Crippen LogP contribution in [0.3, 0.4) is 0 Å². The van der Waals surface area contributed by atoms with E-state index in [0.717, 1.165) is 0 Å². The normalized spacial score (nSPS) is 15.2. The number of thiocarbonyl (C=S) groups is 1. The number of carbonyl (C=O) groups is 1. The molecule has 0 aromatic heterocycles. The van der Waals surface area contributed by atoms with Gasteiger partial charge in [0.1, 0.15) is 5.70 Å². The molecule has 0 unspecified atom stereocenters. The molecule has 0 radical (unpaired) electrons. The molecule has 2 aromatic rings. The number of para-hydroxylation sites is 1. The van der Waals surface area contributed by atoms with Crippen molar-refractivity contribution in [2.24, 2.45) is 0 Å². The van der Waals surface area contributed by atoms with E-state index in [9.17, 15) is 4.79 Å². The SMILES string of the molecule is COc1cc(/C=C2\NC(=S)N(c3ccccc3)C2=O)cc(OC)c1OC. The molecule has 6 nitrogen and oxygen atoms in total. The number of amides is 1. The van der Waals surface area contributed by atoms with Crippen LogP contribution in [0.1, 0.15) is 5.56 Å². The van der Waals surface area contributed by atoms with Gasteiger partial charge in [-0.05, 0) is 48.1 Å². The molecule has 0 bridgehead atoms. The van der Waals surface area contributed by atoms with Crippen molar-refractivity contribution in [1.82, 2.24) is 5.32 Å². The van der Waals surface area contributed by atoms with Gasteiger partial charge in [0.2, 0.25) is 5.75 Å². The summed E-state index contributed by atoms with van der Waals surface area (Å²) in [6.45, 7) is 0. The summed E-state index contributed by atoms with van der Waals surface area (Å²) in [6.07, 6.45) is 1.70. The van der Waals surface area contributed by atoms with E-state index in [1.54, 1.807) is 32.4 Å². The average Bonchev–Trinajstić information content (AvgIpc) is 2.94. The quantitative estimate of drug-likeness (QED) is 0.645. The Kier molecular flexibility index (Phi) is 5.09. The fourth-order valence-electron chi connectivity index (χ4n) is 2.70. The largest absolute Gasteiger partial charge is 0.493 e. The lowest BCUT2D eigenvalue weighted by Crippen LogP contribution is -2.30. The number of nitrogens with one attached hydrogen (secondary N) is 1. The number of ether oxygens (including phenoxy) is 3. The molecule has 1 N–H and O–H groups in total. The first-order valence-corrected chi connectivity index (χ1v) is 8.22. The van der Waals surface area contributed by atoms with Crippen LogP contribution < -0.4 is 24.4 Å². The molecular weight excluding hydrogens is 352 g/mol. The van der Waals surface area contributed by atoms with Crippen molar-refractivity contribution >= 4 is 35.0 Å². The summed E-state index contributed by atoms with van der Waals surface area (Å²) >= 11 is 5.31. The molecule has 1 saturated heterocycles. The zero-order valence-corrected chi connectivity index (χ0v) is 15.4. The van der Waals surface area contributed by atoms with Crippen molar-refractivity contribution in [3.8, 4) is 17.2 Å². The van der Waals surface area contributed by atoms with Gasteiger partial charge in [0.15, 0.2) is 16.6 Å².